The second kappa shape index (κ2) is 5.14. The van der Waals surface area contributed by atoms with Crippen LogP contribution in [0.5, 0.6) is 5.88 Å². The standard InChI is InChI=1S/C13H10N4O2/c1-8-10(7-14)12(18)15-13(19)11(8)17-16-9-5-3-2-4-6-9/h2-6H,1H3,(H2,15,18,19). The van der Waals surface area contributed by atoms with Crippen molar-refractivity contribution in [2.45, 2.75) is 6.92 Å². The molecule has 2 aromatic rings. The molecule has 0 aliphatic carbocycles. The van der Waals surface area contributed by atoms with Crippen molar-refractivity contribution in [2.75, 3.05) is 0 Å². The third-order valence-electron chi connectivity index (χ3n) is 2.55. The molecule has 19 heavy (non-hydrogen) atoms. The average Bonchev–Trinajstić information content (AvgIpc) is 2.39. The molecule has 1 aromatic carbocycles. The molecule has 0 radical (unpaired) electrons. The first-order chi connectivity index (χ1) is 9.13. The number of H-pyrrole nitrogens is 1. The summed E-state index contributed by atoms with van der Waals surface area (Å²) in [4.78, 5) is 13.8. The Labute approximate surface area is 108 Å². The smallest absolute Gasteiger partial charge is 0.278 e. The maximum atomic E-state index is 11.7. The number of hydrogen-bond donors (Lipinski definition) is 2. The summed E-state index contributed by atoms with van der Waals surface area (Å²) in [5.41, 5.74) is 0.296. The van der Waals surface area contributed by atoms with E-state index in [4.69, 9.17) is 5.26 Å². The summed E-state index contributed by atoms with van der Waals surface area (Å²) in [5.74, 6) is -0.455. The number of azo groups is 1. The number of pyridine rings is 1. The fourth-order valence-electron chi connectivity index (χ4n) is 1.56. The molecule has 0 saturated carbocycles. The zero-order chi connectivity index (χ0) is 13.8. The number of nitrogens with one attached hydrogen (secondary N) is 1. The normalized spacial score (nSPS) is 10.5. The first kappa shape index (κ1) is 12.5. The van der Waals surface area contributed by atoms with Crippen LogP contribution in [0.1, 0.15) is 11.1 Å². The van der Waals surface area contributed by atoms with Crippen LogP contribution in [0.3, 0.4) is 0 Å². The lowest BCUT2D eigenvalue weighted by atomic mass is 10.1. The molecule has 0 saturated heterocycles. The molecule has 2 N–H and O–H groups in total. The fraction of sp³-hybridized carbons (Fsp3) is 0.0769. The molecule has 1 heterocycles. The topological polar surface area (TPSA) is 102 Å². The minimum atomic E-state index is -0.589. The SMILES string of the molecule is Cc1c(C#N)c(O)[nH]c(=O)c1N=Nc1ccccc1. The second-order valence-electron chi connectivity index (χ2n) is 3.80. The lowest BCUT2D eigenvalue weighted by molar-refractivity contribution is 0.449. The average molecular weight is 254 g/mol. The summed E-state index contributed by atoms with van der Waals surface area (Å²) in [6.45, 7) is 1.53. The fourth-order valence-corrected chi connectivity index (χ4v) is 1.56. The molecule has 0 aliphatic heterocycles. The Morgan fingerprint density at radius 3 is 2.58 bits per heavy atom. The van der Waals surface area contributed by atoms with E-state index in [0.29, 0.717) is 11.3 Å². The first-order valence-electron chi connectivity index (χ1n) is 5.46. The number of benzene rings is 1. The van der Waals surface area contributed by atoms with E-state index in [1.165, 1.54) is 6.92 Å². The number of hydrogen-bond acceptors (Lipinski definition) is 5. The van der Waals surface area contributed by atoms with Crippen molar-refractivity contribution in [1.29, 1.82) is 5.26 Å². The van der Waals surface area contributed by atoms with Gasteiger partial charge in [0.1, 0.15) is 11.6 Å². The molecular formula is C13H10N4O2. The number of aromatic nitrogens is 1. The molecule has 0 atom stereocenters. The van der Waals surface area contributed by atoms with E-state index < -0.39 is 11.4 Å². The largest absolute Gasteiger partial charge is 0.494 e. The van der Waals surface area contributed by atoms with Crippen LogP contribution in [0.25, 0.3) is 0 Å². The van der Waals surface area contributed by atoms with Crippen LogP contribution in [0, 0.1) is 18.3 Å². The van der Waals surface area contributed by atoms with Crippen molar-refractivity contribution in [3.8, 4) is 11.9 Å². The van der Waals surface area contributed by atoms with Gasteiger partial charge in [0.05, 0.1) is 5.69 Å². The Balaban J connectivity index is 2.50. The maximum Gasteiger partial charge on any atom is 0.278 e. The highest BCUT2D eigenvalue weighted by Crippen LogP contribution is 2.24. The molecule has 6 nitrogen and oxygen atoms in total. The molecular weight excluding hydrogens is 244 g/mol. The van der Waals surface area contributed by atoms with Crippen molar-refractivity contribution in [2.24, 2.45) is 10.2 Å². The highest BCUT2D eigenvalue weighted by atomic mass is 16.3. The van der Waals surface area contributed by atoms with Gasteiger partial charge in [0.25, 0.3) is 5.56 Å². The van der Waals surface area contributed by atoms with Crippen LogP contribution >= 0.6 is 0 Å². The van der Waals surface area contributed by atoms with Gasteiger partial charge in [0, 0.05) is 5.56 Å². The minimum Gasteiger partial charge on any atom is -0.494 e. The second-order valence-corrected chi connectivity index (χ2v) is 3.80. The molecule has 0 fully saturated rings. The lowest BCUT2D eigenvalue weighted by Gasteiger charge is -2.02. The quantitative estimate of drug-likeness (QED) is 0.805. The van der Waals surface area contributed by atoms with Gasteiger partial charge >= 0.3 is 0 Å². The van der Waals surface area contributed by atoms with Gasteiger partial charge < -0.3 is 5.11 Å². The van der Waals surface area contributed by atoms with Crippen molar-refractivity contribution in [1.82, 2.24) is 4.98 Å². The van der Waals surface area contributed by atoms with Crippen molar-refractivity contribution in [3.05, 3.63) is 51.8 Å². The first-order valence-corrected chi connectivity index (χ1v) is 5.46. The van der Waals surface area contributed by atoms with Gasteiger partial charge in [-0.25, -0.2) is 0 Å². The van der Waals surface area contributed by atoms with Gasteiger partial charge in [-0.1, -0.05) is 18.2 Å². The van der Waals surface area contributed by atoms with Crippen LogP contribution in [0.4, 0.5) is 11.4 Å². The molecule has 0 amide bonds. The van der Waals surface area contributed by atoms with Gasteiger partial charge in [0.15, 0.2) is 5.69 Å². The Kier molecular flexibility index (Phi) is 3.39. The zero-order valence-corrected chi connectivity index (χ0v) is 10.1. The molecule has 0 unspecified atom stereocenters. The van der Waals surface area contributed by atoms with E-state index in [1.54, 1.807) is 24.3 Å². The van der Waals surface area contributed by atoms with Crippen LogP contribution in [-0.4, -0.2) is 10.1 Å². The third-order valence-corrected chi connectivity index (χ3v) is 2.55. The molecule has 0 spiro atoms. The summed E-state index contributed by atoms with van der Waals surface area (Å²) < 4.78 is 0. The van der Waals surface area contributed by atoms with Crippen LogP contribution in [-0.2, 0) is 0 Å². The van der Waals surface area contributed by atoms with E-state index in [9.17, 15) is 9.90 Å². The van der Waals surface area contributed by atoms with E-state index in [1.807, 2.05) is 12.1 Å². The van der Waals surface area contributed by atoms with E-state index >= 15 is 0 Å². The van der Waals surface area contributed by atoms with Gasteiger partial charge in [-0.3, -0.25) is 9.78 Å². The van der Waals surface area contributed by atoms with Crippen LogP contribution in [0.15, 0.2) is 45.4 Å². The van der Waals surface area contributed by atoms with Gasteiger partial charge in [-0.2, -0.15) is 10.4 Å². The lowest BCUT2D eigenvalue weighted by Crippen LogP contribution is -2.08. The molecule has 0 aliphatic rings. The van der Waals surface area contributed by atoms with E-state index in [-0.39, 0.29) is 11.3 Å². The number of aromatic hydroxyl groups is 1. The van der Waals surface area contributed by atoms with Crippen LogP contribution < -0.4 is 5.56 Å². The number of rotatable bonds is 2. The van der Waals surface area contributed by atoms with Crippen molar-refractivity contribution < 1.29 is 5.11 Å². The summed E-state index contributed by atoms with van der Waals surface area (Å²) in [5, 5.41) is 26.1. The zero-order valence-electron chi connectivity index (χ0n) is 10.1. The van der Waals surface area contributed by atoms with Crippen molar-refractivity contribution >= 4 is 11.4 Å². The van der Waals surface area contributed by atoms with E-state index in [2.05, 4.69) is 15.2 Å². The summed E-state index contributed by atoms with van der Waals surface area (Å²) >= 11 is 0. The van der Waals surface area contributed by atoms with Crippen molar-refractivity contribution in [3.63, 3.8) is 0 Å². The predicted molar refractivity (Wildman–Crippen MR) is 68.8 cm³/mol. The summed E-state index contributed by atoms with van der Waals surface area (Å²) in [6, 6.07) is 10.7. The van der Waals surface area contributed by atoms with E-state index in [0.717, 1.165) is 0 Å². The highest BCUT2D eigenvalue weighted by molar-refractivity contribution is 5.55. The number of aromatic amines is 1. The van der Waals surface area contributed by atoms with Crippen LogP contribution in [0.2, 0.25) is 0 Å². The monoisotopic (exact) mass is 254 g/mol. The summed E-state index contributed by atoms with van der Waals surface area (Å²) in [6.07, 6.45) is 0. The van der Waals surface area contributed by atoms with Gasteiger partial charge in [0.2, 0.25) is 5.88 Å². The summed E-state index contributed by atoms with van der Waals surface area (Å²) in [7, 11) is 0. The Morgan fingerprint density at radius 2 is 1.95 bits per heavy atom. The molecule has 0 bridgehead atoms. The Bertz CT molecular complexity index is 727. The number of nitriles is 1. The third kappa shape index (κ3) is 2.50. The predicted octanol–water partition coefficient (Wildman–Crippen LogP) is 2.68. The molecule has 1 aromatic heterocycles. The molecule has 2 rings (SSSR count). The van der Waals surface area contributed by atoms with Gasteiger partial charge in [-0.05, 0) is 19.1 Å². The maximum absolute atomic E-state index is 11.7. The Hall–Kier alpha value is -2.94. The molecule has 94 valence electrons. The Morgan fingerprint density at radius 1 is 1.26 bits per heavy atom. The minimum absolute atomic E-state index is 0.0122. The highest BCUT2D eigenvalue weighted by Gasteiger charge is 2.13. The molecule has 6 heteroatoms. The van der Waals surface area contributed by atoms with Gasteiger partial charge in [-0.15, -0.1) is 5.11 Å². The number of nitrogens with zero attached hydrogens (tertiary/aromatic N) is 3.